The second kappa shape index (κ2) is 14.1. The molecule has 2 amide bonds. The quantitative estimate of drug-likeness (QED) is 0.200. The molecule has 9 nitrogen and oxygen atoms in total. The largest absolute Gasteiger partial charge is 0.384 e. The minimum Gasteiger partial charge on any atom is -0.384 e. The van der Waals surface area contributed by atoms with Gasteiger partial charge in [0, 0.05) is 43.1 Å². The molecule has 0 spiro atoms. The van der Waals surface area contributed by atoms with E-state index in [0.29, 0.717) is 16.9 Å². The van der Waals surface area contributed by atoms with Crippen molar-refractivity contribution >= 4 is 35.7 Å². The van der Waals surface area contributed by atoms with Crippen LogP contribution in [0.1, 0.15) is 35.7 Å². The number of nitrogens with zero attached hydrogens (tertiary/aromatic N) is 2. The van der Waals surface area contributed by atoms with Gasteiger partial charge in [0.2, 0.25) is 11.8 Å². The fraction of sp³-hybridized carbons (Fsp3) is 0.286. The number of rotatable bonds is 10. The predicted molar refractivity (Wildman–Crippen MR) is 151 cm³/mol. The van der Waals surface area contributed by atoms with Crippen LogP contribution in [0.25, 0.3) is 0 Å². The van der Waals surface area contributed by atoms with Gasteiger partial charge in [-0.05, 0) is 42.7 Å². The zero-order valence-electron chi connectivity index (χ0n) is 21.1. The average molecular weight is 536 g/mol. The van der Waals surface area contributed by atoms with Crippen molar-refractivity contribution in [3.05, 3.63) is 95.8 Å². The van der Waals surface area contributed by atoms with Crippen molar-refractivity contribution in [2.24, 2.45) is 5.73 Å². The van der Waals surface area contributed by atoms with Crippen LogP contribution < -0.4 is 21.7 Å². The van der Waals surface area contributed by atoms with E-state index in [1.165, 1.54) is 5.56 Å². The average Bonchev–Trinajstić information content (AvgIpc) is 2.93. The van der Waals surface area contributed by atoms with Crippen molar-refractivity contribution in [1.29, 1.82) is 5.41 Å². The molecule has 1 aromatic heterocycles. The third-order valence-electron chi connectivity index (χ3n) is 6.36. The molecule has 10 heteroatoms. The molecule has 200 valence electrons. The van der Waals surface area contributed by atoms with Crippen LogP contribution in [0.15, 0.2) is 79.0 Å². The molecule has 2 aromatic carbocycles. The Morgan fingerprint density at radius 3 is 2.45 bits per heavy atom. The second-order valence-corrected chi connectivity index (χ2v) is 9.15. The molecule has 1 atom stereocenters. The van der Waals surface area contributed by atoms with E-state index < -0.39 is 6.04 Å². The zero-order valence-corrected chi connectivity index (χ0v) is 21.9. The zero-order chi connectivity index (χ0) is 26.0. The number of nitrogens with one attached hydrogen (secondary N) is 4. The summed E-state index contributed by atoms with van der Waals surface area (Å²) >= 11 is 0. The Hall–Kier alpha value is -3.95. The van der Waals surface area contributed by atoms with Crippen molar-refractivity contribution < 1.29 is 9.59 Å². The molecule has 6 N–H and O–H groups in total. The number of halogens is 1. The predicted octanol–water partition coefficient (Wildman–Crippen LogP) is 2.84. The SMILES string of the molecule is Cl.N=C(N)c1cccc(NC(C(=O)NCC(=O)NC2CCN(Cc3ccccc3)CC2)c2ccccn2)c1. The number of hydrogen-bond acceptors (Lipinski definition) is 6. The first-order valence-electron chi connectivity index (χ1n) is 12.4. The molecule has 1 aliphatic heterocycles. The smallest absolute Gasteiger partial charge is 0.249 e. The number of aromatic nitrogens is 1. The molecular weight excluding hydrogens is 502 g/mol. The van der Waals surface area contributed by atoms with Crippen LogP contribution in [0.4, 0.5) is 5.69 Å². The van der Waals surface area contributed by atoms with Gasteiger partial charge in [-0.2, -0.15) is 0 Å². The topological polar surface area (TPSA) is 136 Å². The highest BCUT2D eigenvalue weighted by molar-refractivity contribution is 5.96. The van der Waals surface area contributed by atoms with Crippen molar-refractivity contribution in [1.82, 2.24) is 20.5 Å². The fourth-order valence-electron chi connectivity index (χ4n) is 4.39. The summed E-state index contributed by atoms with van der Waals surface area (Å²) in [5.41, 5.74) is 8.56. The summed E-state index contributed by atoms with van der Waals surface area (Å²) in [4.78, 5) is 32.4. The lowest BCUT2D eigenvalue weighted by Gasteiger charge is -2.32. The summed E-state index contributed by atoms with van der Waals surface area (Å²) in [6.07, 6.45) is 3.36. The highest BCUT2D eigenvalue weighted by Gasteiger charge is 2.24. The van der Waals surface area contributed by atoms with Gasteiger partial charge in [-0.3, -0.25) is 24.9 Å². The van der Waals surface area contributed by atoms with Gasteiger partial charge in [-0.15, -0.1) is 12.4 Å². The van der Waals surface area contributed by atoms with E-state index >= 15 is 0 Å². The highest BCUT2D eigenvalue weighted by Crippen LogP contribution is 2.20. The molecule has 1 aliphatic rings. The molecule has 0 radical (unpaired) electrons. The van der Waals surface area contributed by atoms with Crippen LogP contribution in [0.5, 0.6) is 0 Å². The Labute approximate surface area is 229 Å². The van der Waals surface area contributed by atoms with E-state index in [2.05, 4.69) is 38.0 Å². The second-order valence-electron chi connectivity index (χ2n) is 9.15. The Kier molecular flexibility index (Phi) is 10.6. The van der Waals surface area contributed by atoms with E-state index in [0.717, 1.165) is 32.5 Å². The summed E-state index contributed by atoms with van der Waals surface area (Å²) in [5.74, 6) is -0.655. The number of benzene rings is 2. The normalized spacial score (nSPS) is 14.5. The molecule has 0 bridgehead atoms. The molecule has 1 fully saturated rings. The van der Waals surface area contributed by atoms with Gasteiger partial charge in [0.05, 0.1) is 12.2 Å². The van der Waals surface area contributed by atoms with Crippen LogP contribution in [0, 0.1) is 5.41 Å². The van der Waals surface area contributed by atoms with Crippen LogP contribution in [-0.2, 0) is 16.1 Å². The molecule has 4 rings (SSSR count). The maximum Gasteiger partial charge on any atom is 0.249 e. The molecule has 2 heterocycles. The molecule has 3 aromatic rings. The van der Waals surface area contributed by atoms with Crippen LogP contribution in [0.2, 0.25) is 0 Å². The van der Waals surface area contributed by atoms with E-state index in [4.69, 9.17) is 11.1 Å². The summed E-state index contributed by atoms with van der Waals surface area (Å²) in [7, 11) is 0. The third kappa shape index (κ3) is 8.29. The molecule has 0 aliphatic carbocycles. The number of nitrogens with two attached hydrogens (primary N) is 1. The van der Waals surface area contributed by atoms with Crippen molar-refractivity contribution in [2.75, 3.05) is 25.0 Å². The molecular formula is C28H34ClN7O2. The van der Waals surface area contributed by atoms with E-state index in [1.54, 1.807) is 48.7 Å². The summed E-state index contributed by atoms with van der Waals surface area (Å²) in [6, 6.07) is 21.9. The van der Waals surface area contributed by atoms with Gasteiger partial charge in [0.15, 0.2) is 0 Å². The van der Waals surface area contributed by atoms with Crippen molar-refractivity contribution in [3.8, 4) is 0 Å². The number of nitrogen functional groups attached to an aromatic ring is 1. The molecule has 0 saturated carbocycles. The van der Waals surface area contributed by atoms with Gasteiger partial charge in [-0.25, -0.2) is 0 Å². The van der Waals surface area contributed by atoms with Crippen LogP contribution >= 0.6 is 12.4 Å². The summed E-state index contributed by atoms with van der Waals surface area (Å²) in [6.45, 7) is 2.62. The molecule has 1 saturated heterocycles. The van der Waals surface area contributed by atoms with Gasteiger partial charge >= 0.3 is 0 Å². The first kappa shape index (κ1) is 28.6. The number of amidine groups is 1. The summed E-state index contributed by atoms with van der Waals surface area (Å²) in [5, 5.41) is 16.6. The number of carbonyl (C=O) groups excluding carboxylic acids is 2. The van der Waals surface area contributed by atoms with Gasteiger partial charge < -0.3 is 21.7 Å². The number of pyridine rings is 1. The number of piperidine rings is 1. The Bertz CT molecular complexity index is 1200. The monoisotopic (exact) mass is 535 g/mol. The van der Waals surface area contributed by atoms with Crippen LogP contribution in [-0.4, -0.2) is 53.2 Å². The van der Waals surface area contributed by atoms with Gasteiger partial charge in [0.1, 0.15) is 11.9 Å². The first-order chi connectivity index (χ1) is 18.0. The lowest BCUT2D eigenvalue weighted by molar-refractivity contribution is -0.127. The maximum absolute atomic E-state index is 13.1. The number of anilines is 1. The van der Waals surface area contributed by atoms with Gasteiger partial charge in [0.25, 0.3) is 0 Å². The van der Waals surface area contributed by atoms with Crippen molar-refractivity contribution in [2.45, 2.75) is 31.5 Å². The third-order valence-corrected chi connectivity index (χ3v) is 6.36. The first-order valence-corrected chi connectivity index (χ1v) is 12.4. The van der Waals surface area contributed by atoms with E-state index in [1.807, 2.05) is 18.2 Å². The van der Waals surface area contributed by atoms with Gasteiger partial charge in [-0.1, -0.05) is 48.5 Å². The Balaban J connectivity index is 0.00000400. The molecule has 1 unspecified atom stereocenters. The highest BCUT2D eigenvalue weighted by atomic mass is 35.5. The van der Waals surface area contributed by atoms with Crippen molar-refractivity contribution in [3.63, 3.8) is 0 Å². The maximum atomic E-state index is 13.1. The fourth-order valence-corrected chi connectivity index (χ4v) is 4.39. The van der Waals surface area contributed by atoms with Crippen LogP contribution in [0.3, 0.4) is 0 Å². The number of carbonyl (C=O) groups is 2. The minimum absolute atomic E-state index is 0. The summed E-state index contributed by atoms with van der Waals surface area (Å²) < 4.78 is 0. The number of likely N-dealkylation sites (tertiary alicyclic amines) is 1. The minimum atomic E-state index is -0.822. The van der Waals surface area contributed by atoms with E-state index in [-0.39, 0.29) is 42.6 Å². The van der Waals surface area contributed by atoms with E-state index in [9.17, 15) is 9.59 Å². The lowest BCUT2D eigenvalue weighted by atomic mass is 10.0. The standard InChI is InChI=1S/C28H33N7O2.ClH/c29-27(30)21-9-6-10-23(17-21)34-26(24-11-4-5-14-31-24)28(37)32-18-25(36)33-22-12-15-35(16-13-22)19-20-7-2-1-3-8-20;/h1-11,14,17,22,26,34H,12-13,15-16,18-19H2,(H3,29,30)(H,32,37)(H,33,36);1H. The molecule has 38 heavy (non-hydrogen) atoms. The Morgan fingerprint density at radius 1 is 1.03 bits per heavy atom. The number of hydrogen-bond donors (Lipinski definition) is 5. The lowest BCUT2D eigenvalue weighted by Crippen LogP contribution is -2.48. The number of amides is 2. The Morgan fingerprint density at radius 2 is 1.76 bits per heavy atom.